The van der Waals surface area contributed by atoms with Crippen LogP contribution in [0.2, 0.25) is 0 Å². The van der Waals surface area contributed by atoms with Crippen LogP contribution < -0.4 is 5.32 Å². The van der Waals surface area contributed by atoms with Crippen molar-refractivity contribution in [1.82, 2.24) is 10.2 Å². The summed E-state index contributed by atoms with van der Waals surface area (Å²) >= 11 is 0. The number of ether oxygens (including phenoxy) is 1. The molecule has 0 bridgehead atoms. The fourth-order valence-electron chi connectivity index (χ4n) is 4.24. The summed E-state index contributed by atoms with van der Waals surface area (Å²) in [5.41, 5.74) is 0. The van der Waals surface area contributed by atoms with Gasteiger partial charge in [-0.15, -0.1) is 0 Å². The predicted octanol–water partition coefficient (Wildman–Crippen LogP) is 2.35. The molecule has 2 saturated heterocycles. The van der Waals surface area contributed by atoms with E-state index in [2.05, 4.69) is 29.3 Å². The second kappa shape index (κ2) is 6.89. The van der Waals surface area contributed by atoms with Crippen molar-refractivity contribution in [2.75, 3.05) is 19.7 Å². The van der Waals surface area contributed by atoms with Crippen LogP contribution in [0.5, 0.6) is 0 Å². The Hall–Kier alpha value is -1.33. The Morgan fingerprint density at radius 1 is 1.25 bits per heavy atom. The molecule has 1 N–H and O–H groups in total. The third-order valence-corrected chi connectivity index (χ3v) is 5.90. The molecular formula is C19H28N2O3. The van der Waals surface area contributed by atoms with Crippen LogP contribution >= 0.6 is 0 Å². The fourth-order valence-corrected chi connectivity index (χ4v) is 4.24. The molecule has 0 unspecified atom stereocenters. The SMILES string of the molecule is CCc1ccc(CN2C[C@@H]3OCC[C@@H]3[C@@H](C(=O)NC3CCC3)C2)o1. The van der Waals surface area contributed by atoms with Gasteiger partial charge in [-0.25, -0.2) is 0 Å². The van der Waals surface area contributed by atoms with E-state index in [0.29, 0.717) is 12.0 Å². The number of nitrogens with one attached hydrogen (secondary N) is 1. The molecule has 132 valence electrons. The molecule has 3 atom stereocenters. The number of hydrogen-bond donors (Lipinski definition) is 1. The summed E-state index contributed by atoms with van der Waals surface area (Å²) in [5.74, 6) is 2.67. The van der Waals surface area contributed by atoms with Crippen molar-refractivity contribution in [2.24, 2.45) is 11.8 Å². The molecule has 1 aromatic rings. The molecule has 0 aromatic carbocycles. The van der Waals surface area contributed by atoms with Gasteiger partial charge in [0.1, 0.15) is 11.5 Å². The number of likely N-dealkylation sites (tertiary alicyclic amines) is 1. The van der Waals surface area contributed by atoms with Crippen molar-refractivity contribution in [3.8, 4) is 0 Å². The third-order valence-electron chi connectivity index (χ3n) is 5.90. The van der Waals surface area contributed by atoms with E-state index < -0.39 is 0 Å². The summed E-state index contributed by atoms with van der Waals surface area (Å²) in [7, 11) is 0. The molecule has 2 aliphatic heterocycles. The number of carbonyl (C=O) groups excluding carboxylic acids is 1. The van der Waals surface area contributed by atoms with Gasteiger partial charge in [-0.2, -0.15) is 0 Å². The highest BCUT2D eigenvalue weighted by Gasteiger charge is 2.44. The van der Waals surface area contributed by atoms with Gasteiger partial charge in [-0.05, 0) is 37.8 Å². The molecule has 3 fully saturated rings. The van der Waals surface area contributed by atoms with E-state index in [4.69, 9.17) is 9.15 Å². The van der Waals surface area contributed by atoms with Crippen molar-refractivity contribution in [1.29, 1.82) is 0 Å². The number of aryl methyl sites for hydroxylation is 1. The quantitative estimate of drug-likeness (QED) is 0.899. The van der Waals surface area contributed by atoms with Gasteiger partial charge in [0.25, 0.3) is 0 Å². The Kier molecular flexibility index (Phi) is 4.63. The van der Waals surface area contributed by atoms with E-state index >= 15 is 0 Å². The Labute approximate surface area is 143 Å². The number of amides is 1. The molecule has 24 heavy (non-hydrogen) atoms. The first-order chi connectivity index (χ1) is 11.7. The molecular weight excluding hydrogens is 304 g/mol. The standard InChI is InChI=1S/C19H28N2O3/c1-2-14-6-7-15(24-14)10-21-11-17(16-8-9-23-18(16)12-21)19(22)20-13-4-3-5-13/h6-7,13,16-18H,2-5,8-12H2,1H3,(H,20,22)/t16-,17+,18+/m1/s1. The summed E-state index contributed by atoms with van der Waals surface area (Å²) in [6.45, 7) is 5.36. The summed E-state index contributed by atoms with van der Waals surface area (Å²) in [6, 6.07) is 4.52. The lowest BCUT2D eigenvalue weighted by Gasteiger charge is -2.40. The molecule has 1 saturated carbocycles. The van der Waals surface area contributed by atoms with Crippen LogP contribution in [0.1, 0.15) is 44.1 Å². The first-order valence-corrected chi connectivity index (χ1v) is 9.45. The van der Waals surface area contributed by atoms with E-state index in [-0.39, 0.29) is 17.9 Å². The first-order valence-electron chi connectivity index (χ1n) is 9.45. The molecule has 1 amide bonds. The zero-order chi connectivity index (χ0) is 16.5. The lowest BCUT2D eigenvalue weighted by atomic mass is 9.81. The minimum atomic E-state index is 0.0486. The first kappa shape index (κ1) is 16.2. The molecule has 1 aromatic heterocycles. The Morgan fingerprint density at radius 2 is 2.08 bits per heavy atom. The minimum Gasteiger partial charge on any atom is -0.465 e. The van der Waals surface area contributed by atoms with E-state index in [9.17, 15) is 4.79 Å². The average molecular weight is 332 g/mol. The summed E-state index contributed by atoms with van der Waals surface area (Å²) in [4.78, 5) is 15.1. The van der Waals surface area contributed by atoms with Gasteiger partial charge in [0.05, 0.1) is 18.6 Å². The average Bonchev–Trinajstić information content (AvgIpc) is 3.18. The highest BCUT2D eigenvalue weighted by Crippen LogP contribution is 2.35. The molecule has 3 heterocycles. The molecule has 0 radical (unpaired) electrons. The maximum absolute atomic E-state index is 12.8. The molecule has 1 aliphatic carbocycles. The summed E-state index contributed by atoms with van der Waals surface area (Å²) in [5, 5.41) is 3.25. The van der Waals surface area contributed by atoms with E-state index in [1.807, 2.05) is 0 Å². The second-order valence-electron chi connectivity index (χ2n) is 7.52. The van der Waals surface area contributed by atoms with Gasteiger partial charge in [0.15, 0.2) is 0 Å². The topological polar surface area (TPSA) is 54.7 Å². The highest BCUT2D eigenvalue weighted by molar-refractivity contribution is 5.80. The van der Waals surface area contributed by atoms with Crippen LogP contribution in [0, 0.1) is 11.8 Å². The van der Waals surface area contributed by atoms with Gasteiger partial charge >= 0.3 is 0 Å². The fraction of sp³-hybridized carbons (Fsp3) is 0.737. The molecule has 5 nitrogen and oxygen atoms in total. The molecule has 5 heteroatoms. The molecule has 0 spiro atoms. The number of piperidine rings is 1. The summed E-state index contributed by atoms with van der Waals surface area (Å²) < 4.78 is 11.8. The van der Waals surface area contributed by atoms with Crippen molar-refractivity contribution < 1.29 is 13.9 Å². The Balaban J connectivity index is 1.43. The van der Waals surface area contributed by atoms with Crippen LogP contribution in [0.25, 0.3) is 0 Å². The predicted molar refractivity (Wildman–Crippen MR) is 90.5 cm³/mol. The van der Waals surface area contributed by atoms with Gasteiger partial charge in [0.2, 0.25) is 5.91 Å². The zero-order valence-electron chi connectivity index (χ0n) is 14.5. The number of fused-ring (bicyclic) bond motifs is 1. The van der Waals surface area contributed by atoms with Crippen molar-refractivity contribution in [3.63, 3.8) is 0 Å². The van der Waals surface area contributed by atoms with E-state index in [1.165, 1.54) is 6.42 Å². The van der Waals surface area contributed by atoms with Crippen LogP contribution in [0.4, 0.5) is 0 Å². The lowest BCUT2D eigenvalue weighted by Crippen LogP contribution is -2.54. The van der Waals surface area contributed by atoms with E-state index in [0.717, 1.165) is 63.4 Å². The highest BCUT2D eigenvalue weighted by atomic mass is 16.5. The van der Waals surface area contributed by atoms with Crippen LogP contribution in [0.3, 0.4) is 0 Å². The number of rotatable bonds is 5. The van der Waals surface area contributed by atoms with Gasteiger partial charge < -0.3 is 14.5 Å². The van der Waals surface area contributed by atoms with Gasteiger partial charge in [-0.1, -0.05) is 6.92 Å². The number of hydrogen-bond acceptors (Lipinski definition) is 4. The molecule has 4 rings (SSSR count). The maximum atomic E-state index is 12.8. The largest absolute Gasteiger partial charge is 0.465 e. The number of furan rings is 1. The zero-order valence-corrected chi connectivity index (χ0v) is 14.5. The number of nitrogens with zero attached hydrogens (tertiary/aromatic N) is 1. The normalized spacial score (nSPS) is 30.8. The van der Waals surface area contributed by atoms with E-state index in [1.54, 1.807) is 0 Å². The van der Waals surface area contributed by atoms with Crippen LogP contribution in [0.15, 0.2) is 16.5 Å². The van der Waals surface area contributed by atoms with Crippen LogP contribution in [-0.2, 0) is 22.5 Å². The maximum Gasteiger partial charge on any atom is 0.225 e. The Morgan fingerprint density at radius 3 is 2.79 bits per heavy atom. The third kappa shape index (κ3) is 3.24. The second-order valence-corrected chi connectivity index (χ2v) is 7.52. The van der Waals surface area contributed by atoms with Crippen LogP contribution in [-0.4, -0.2) is 42.6 Å². The van der Waals surface area contributed by atoms with Gasteiger partial charge in [-0.3, -0.25) is 9.69 Å². The van der Waals surface area contributed by atoms with Crippen molar-refractivity contribution in [2.45, 2.75) is 57.7 Å². The van der Waals surface area contributed by atoms with Crippen molar-refractivity contribution >= 4 is 5.91 Å². The van der Waals surface area contributed by atoms with Gasteiger partial charge in [0, 0.05) is 38.1 Å². The Bertz CT molecular complexity index is 581. The minimum absolute atomic E-state index is 0.0486. The lowest BCUT2D eigenvalue weighted by molar-refractivity contribution is -0.132. The number of carbonyl (C=O) groups is 1. The summed E-state index contributed by atoms with van der Waals surface area (Å²) in [6.07, 6.45) is 5.64. The monoisotopic (exact) mass is 332 g/mol. The molecule has 3 aliphatic rings. The smallest absolute Gasteiger partial charge is 0.225 e. The van der Waals surface area contributed by atoms with Crippen molar-refractivity contribution in [3.05, 3.63) is 23.7 Å².